The van der Waals surface area contributed by atoms with Gasteiger partial charge in [-0.15, -0.1) is 5.10 Å². The van der Waals surface area contributed by atoms with Gasteiger partial charge in [0.25, 0.3) is 0 Å². The van der Waals surface area contributed by atoms with Crippen molar-refractivity contribution in [3.05, 3.63) is 39.6 Å². The molecule has 0 spiro atoms. The molecule has 2 unspecified atom stereocenters. The summed E-state index contributed by atoms with van der Waals surface area (Å²) < 4.78 is 8.14. The van der Waals surface area contributed by atoms with Crippen LogP contribution in [0.15, 0.2) is 28.9 Å². The largest absolute Gasteiger partial charge is 0.489 e. The Hall–Kier alpha value is -1.15. The van der Waals surface area contributed by atoms with Crippen LogP contribution in [0.25, 0.3) is 0 Å². The van der Waals surface area contributed by atoms with E-state index in [0.717, 1.165) is 5.69 Å². The molecule has 1 aromatic carbocycles. The summed E-state index contributed by atoms with van der Waals surface area (Å²) in [7, 11) is 1.80. The van der Waals surface area contributed by atoms with E-state index in [2.05, 4.69) is 31.7 Å². The van der Waals surface area contributed by atoms with E-state index < -0.39 is 0 Å². The fourth-order valence-electron chi connectivity index (χ4n) is 1.93. The van der Waals surface area contributed by atoms with Crippen molar-refractivity contribution in [3.8, 4) is 5.75 Å². The summed E-state index contributed by atoms with van der Waals surface area (Å²) in [5, 5.41) is 8.50. The molecule has 8 heteroatoms. The van der Waals surface area contributed by atoms with Gasteiger partial charge in [-0.2, -0.15) is 0 Å². The number of nitrogens with one attached hydrogen (secondary N) is 1. The van der Waals surface area contributed by atoms with Gasteiger partial charge in [-0.25, -0.2) is 10.1 Å². The van der Waals surface area contributed by atoms with Crippen molar-refractivity contribution in [3.63, 3.8) is 0 Å². The quantitative estimate of drug-likeness (QED) is 0.631. The summed E-state index contributed by atoms with van der Waals surface area (Å²) in [6.45, 7) is 1.91. The van der Waals surface area contributed by atoms with Crippen LogP contribution in [0.5, 0.6) is 5.75 Å². The Bertz CT molecular complexity index is 571. The Morgan fingerprint density at radius 1 is 1.50 bits per heavy atom. The van der Waals surface area contributed by atoms with Crippen LogP contribution >= 0.6 is 27.5 Å². The normalized spacial score (nSPS) is 14.1. The Morgan fingerprint density at radius 3 is 2.80 bits per heavy atom. The monoisotopic (exact) mass is 359 g/mol. The lowest BCUT2D eigenvalue weighted by molar-refractivity contribution is 0.166. The number of aryl methyl sites for hydroxylation is 1. The number of hydrogen-bond donors (Lipinski definition) is 2. The average Bonchev–Trinajstić information content (AvgIpc) is 2.72. The van der Waals surface area contributed by atoms with Crippen LogP contribution in [-0.4, -0.2) is 21.1 Å². The lowest BCUT2D eigenvalue weighted by Crippen LogP contribution is -2.39. The molecule has 0 fully saturated rings. The van der Waals surface area contributed by atoms with Crippen LogP contribution in [0.1, 0.15) is 18.7 Å². The number of halogens is 2. The highest BCUT2D eigenvalue weighted by molar-refractivity contribution is 9.10. The van der Waals surface area contributed by atoms with Gasteiger partial charge in [0.05, 0.1) is 5.69 Å². The van der Waals surface area contributed by atoms with E-state index in [9.17, 15) is 0 Å². The molecule has 2 rings (SSSR count). The highest BCUT2D eigenvalue weighted by atomic mass is 79.9. The van der Waals surface area contributed by atoms with Gasteiger partial charge in [0.1, 0.15) is 17.9 Å². The maximum atomic E-state index is 5.94. The van der Waals surface area contributed by atoms with Crippen molar-refractivity contribution in [2.75, 3.05) is 0 Å². The zero-order chi connectivity index (χ0) is 14.7. The van der Waals surface area contributed by atoms with Crippen molar-refractivity contribution < 1.29 is 4.74 Å². The van der Waals surface area contributed by atoms with Gasteiger partial charge >= 0.3 is 0 Å². The first-order chi connectivity index (χ1) is 9.52. The first-order valence-corrected chi connectivity index (χ1v) is 7.13. The number of nitrogens with two attached hydrogens (primary N) is 1. The van der Waals surface area contributed by atoms with Crippen LogP contribution in [0, 0.1) is 0 Å². The fraction of sp³-hybridized carbons (Fsp3) is 0.333. The van der Waals surface area contributed by atoms with Crippen LogP contribution in [0.4, 0.5) is 0 Å². The minimum absolute atomic E-state index is 0.244. The summed E-state index contributed by atoms with van der Waals surface area (Å²) in [5.74, 6) is 6.32. The van der Waals surface area contributed by atoms with Crippen LogP contribution in [0.2, 0.25) is 5.02 Å². The zero-order valence-electron chi connectivity index (χ0n) is 11.0. The molecule has 1 aromatic heterocycles. The van der Waals surface area contributed by atoms with E-state index >= 15 is 0 Å². The molecule has 3 N–H and O–H groups in total. The summed E-state index contributed by atoms with van der Waals surface area (Å²) in [6, 6.07) is 6.94. The van der Waals surface area contributed by atoms with Gasteiger partial charge in [-0.3, -0.25) is 5.84 Å². The second kappa shape index (κ2) is 6.53. The van der Waals surface area contributed by atoms with E-state index in [1.165, 1.54) is 0 Å². The van der Waals surface area contributed by atoms with Gasteiger partial charge in [0.15, 0.2) is 4.60 Å². The number of ether oxygens (including phenoxy) is 1. The van der Waals surface area contributed by atoms with E-state index in [0.29, 0.717) is 15.4 Å². The van der Waals surface area contributed by atoms with Crippen LogP contribution in [0.3, 0.4) is 0 Å². The molecule has 0 aliphatic heterocycles. The number of rotatable bonds is 5. The minimum atomic E-state index is -0.275. The first-order valence-electron chi connectivity index (χ1n) is 5.96. The first kappa shape index (κ1) is 15.2. The molecule has 108 valence electrons. The number of aromatic nitrogens is 3. The van der Waals surface area contributed by atoms with Crippen molar-refractivity contribution in [2.45, 2.75) is 19.1 Å². The Labute approximate surface area is 130 Å². The summed E-state index contributed by atoms with van der Waals surface area (Å²) >= 11 is 9.30. The maximum absolute atomic E-state index is 5.94. The molecule has 0 saturated heterocycles. The van der Waals surface area contributed by atoms with E-state index in [1.54, 1.807) is 23.9 Å². The second-order valence-electron chi connectivity index (χ2n) is 4.31. The Balaban J connectivity index is 2.20. The molecule has 0 saturated carbocycles. The van der Waals surface area contributed by atoms with Gasteiger partial charge in [-0.1, -0.05) is 22.9 Å². The van der Waals surface area contributed by atoms with E-state index in [-0.39, 0.29) is 12.1 Å². The highest BCUT2D eigenvalue weighted by Crippen LogP contribution is 2.26. The van der Waals surface area contributed by atoms with Crippen LogP contribution in [-0.2, 0) is 7.05 Å². The topological polar surface area (TPSA) is 78.0 Å². The number of nitrogens with zero attached hydrogens (tertiary/aromatic N) is 3. The number of hydrazine groups is 1. The molecule has 2 atom stereocenters. The van der Waals surface area contributed by atoms with Gasteiger partial charge in [-0.05, 0) is 41.1 Å². The number of hydrogen-bond acceptors (Lipinski definition) is 5. The minimum Gasteiger partial charge on any atom is -0.489 e. The molecular weight excluding hydrogens is 346 g/mol. The molecule has 0 amide bonds. The molecular formula is C12H15BrClN5O. The van der Waals surface area contributed by atoms with Crippen molar-refractivity contribution in [1.29, 1.82) is 0 Å². The van der Waals surface area contributed by atoms with Gasteiger partial charge in [0.2, 0.25) is 0 Å². The lowest BCUT2D eigenvalue weighted by atomic mass is 10.1. The summed E-state index contributed by atoms with van der Waals surface area (Å²) in [6.07, 6.45) is -0.244. The van der Waals surface area contributed by atoms with Crippen LogP contribution < -0.4 is 16.0 Å². The molecule has 2 aromatic rings. The zero-order valence-corrected chi connectivity index (χ0v) is 13.4. The maximum Gasteiger partial charge on any atom is 0.153 e. The molecule has 6 nitrogen and oxygen atoms in total. The predicted molar refractivity (Wildman–Crippen MR) is 80.3 cm³/mol. The van der Waals surface area contributed by atoms with Gasteiger partial charge < -0.3 is 4.74 Å². The molecule has 1 heterocycles. The third-order valence-electron chi connectivity index (χ3n) is 2.89. The average molecular weight is 361 g/mol. The smallest absolute Gasteiger partial charge is 0.153 e. The summed E-state index contributed by atoms with van der Waals surface area (Å²) in [4.78, 5) is 0. The summed E-state index contributed by atoms with van der Waals surface area (Å²) in [5.41, 5.74) is 3.54. The SMILES string of the molecule is CC(Oc1cccc(Cl)c1)C(NN)c1c(Br)nnn1C. The lowest BCUT2D eigenvalue weighted by Gasteiger charge is -2.24. The second-order valence-corrected chi connectivity index (χ2v) is 5.50. The highest BCUT2D eigenvalue weighted by Gasteiger charge is 2.26. The molecule has 0 aliphatic rings. The third-order valence-corrected chi connectivity index (χ3v) is 3.69. The van der Waals surface area contributed by atoms with Crippen molar-refractivity contribution in [1.82, 2.24) is 20.4 Å². The number of benzene rings is 1. The van der Waals surface area contributed by atoms with Crippen molar-refractivity contribution in [2.24, 2.45) is 12.9 Å². The molecule has 0 aliphatic carbocycles. The van der Waals surface area contributed by atoms with E-state index in [1.807, 2.05) is 19.1 Å². The molecule has 0 radical (unpaired) electrons. The van der Waals surface area contributed by atoms with Crippen molar-refractivity contribution >= 4 is 27.5 Å². The Morgan fingerprint density at radius 2 is 2.25 bits per heavy atom. The standard InChI is InChI=1S/C12H15BrClN5O/c1-7(20-9-5-3-4-8(14)6-9)10(16-15)11-12(13)17-18-19(11)2/h3-7,10,16H,15H2,1-2H3. The fourth-order valence-corrected chi connectivity index (χ4v) is 2.68. The van der Waals surface area contributed by atoms with Gasteiger partial charge in [0, 0.05) is 12.1 Å². The van der Waals surface area contributed by atoms with E-state index in [4.69, 9.17) is 22.2 Å². The third kappa shape index (κ3) is 3.29. The molecule has 20 heavy (non-hydrogen) atoms. The Kier molecular flexibility index (Phi) is 4.98. The predicted octanol–water partition coefficient (Wildman–Crippen LogP) is 2.20. The molecule has 0 bridgehead atoms.